The van der Waals surface area contributed by atoms with Gasteiger partial charge in [0.2, 0.25) is 5.91 Å². The lowest BCUT2D eigenvalue weighted by Crippen LogP contribution is -2.36. The number of aromatic nitrogens is 2. The summed E-state index contributed by atoms with van der Waals surface area (Å²) < 4.78 is 16.1. The number of nitrogens with zero attached hydrogens (tertiary/aromatic N) is 2. The van der Waals surface area contributed by atoms with Crippen molar-refractivity contribution in [2.24, 2.45) is 13.0 Å². The summed E-state index contributed by atoms with van der Waals surface area (Å²) in [5.41, 5.74) is 0.432. The van der Waals surface area contributed by atoms with Gasteiger partial charge < -0.3 is 9.88 Å². The number of rotatable bonds is 4. The number of halogens is 1. The Kier molecular flexibility index (Phi) is 4.55. The lowest BCUT2D eigenvalue weighted by molar-refractivity contribution is -0.125. The smallest absolute Gasteiger partial charge is 0.224 e. The molecule has 3 rings (SSSR count). The predicted molar refractivity (Wildman–Crippen MR) is 86.1 cm³/mol. The van der Waals surface area contributed by atoms with E-state index in [-0.39, 0.29) is 17.6 Å². The zero-order chi connectivity index (χ0) is 16.2. The SMILES string of the molecule is Cn1ccnc1[C@@H](NC(=O)[C@H]1CC=CCC1)c1ccccc1F. The summed E-state index contributed by atoms with van der Waals surface area (Å²) in [6.07, 6.45) is 10.0. The summed E-state index contributed by atoms with van der Waals surface area (Å²) in [6.45, 7) is 0. The Bertz CT molecular complexity index is 723. The fourth-order valence-corrected chi connectivity index (χ4v) is 2.94. The standard InChI is InChI=1S/C18H20FN3O/c1-22-12-11-20-17(22)16(14-9-5-6-10-15(14)19)21-18(23)13-7-3-2-4-8-13/h2-3,5-6,9-13,16H,4,7-8H2,1H3,(H,21,23)/t13-,16-/m0/s1. The number of hydrogen-bond donors (Lipinski definition) is 1. The summed E-state index contributed by atoms with van der Waals surface area (Å²) in [5, 5.41) is 2.99. The highest BCUT2D eigenvalue weighted by Gasteiger charge is 2.27. The van der Waals surface area contributed by atoms with E-state index in [0.717, 1.165) is 19.3 Å². The first-order valence-electron chi connectivity index (χ1n) is 7.84. The van der Waals surface area contributed by atoms with E-state index in [1.165, 1.54) is 6.07 Å². The monoisotopic (exact) mass is 313 g/mol. The van der Waals surface area contributed by atoms with Crippen LogP contribution in [-0.4, -0.2) is 15.5 Å². The molecule has 0 saturated carbocycles. The van der Waals surface area contributed by atoms with Gasteiger partial charge >= 0.3 is 0 Å². The molecule has 2 aromatic rings. The van der Waals surface area contributed by atoms with E-state index in [2.05, 4.69) is 16.4 Å². The summed E-state index contributed by atoms with van der Waals surface area (Å²) in [5.74, 6) is 0.166. The molecule has 1 aliphatic carbocycles. The highest BCUT2D eigenvalue weighted by Crippen LogP contribution is 2.25. The van der Waals surface area contributed by atoms with E-state index in [0.29, 0.717) is 11.4 Å². The van der Waals surface area contributed by atoms with Gasteiger partial charge in [-0.25, -0.2) is 9.37 Å². The molecule has 23 heavy (non-hydrogen) atoms. The second-order valence-corrected chi connectivity index (χ2v) is 5.84. The van der Waals surface area contributed by atoms with Crippen LogP contribution in [0.5, 0.6) is 0 Å². The van der Waals surface area contributed by atoms with Crippen LogP contribution in [0.3, 0.4) is 0 Å². The summed E-state index contributed by atoms with van der Waals surface area (Å²) in [7, 11) is 1.84. The van der Waals surface area contributed by atoms with Gasteiger partial charge in [0.05, 0.1) is 0 Å². The van der Waals surface area contributed by atoms with Gasteiger partial charge in [-0.1, -0.05) is 30.4 Å². The summed E-state index contributed by atoms with van der Waals surface area (Å²) >= 11 is 0. The van der Waals surface area contributed by atoms with Crippen LogP contribution in [0.1, 0.15) is 36.7 Å². The molecule has 1 N–H and O–H groups in total. The highest BCUT2D eigenvalue weighted by molar-refractivity contribution is 5.79. The summed E-state index contributed by atoms with van der Waals surface area (Å²) in [4.78, 5) is 16.9. The minimum Gasteiger partial charge on any atom is -0.342 e. The van der Waals surface area contributed by atoms with Gasteiger partial charge in [0.15, 0.2) is 0 Å². The number of carbonyl (C=O) groups is 1. The van der Waals surface area contributed by atoms with Gasteiger partial charge in [-0.2, -0.15) is 0 Å². The van der Waals surface area contributed by atoms with Crippen LogP contribution in [0.2, 0.25) is 0 Å². The first-order chi connectivity index (χ1) is 11.2. The van der Waals surface area contributed by atoms with E-state index in [1.807, 2.05) is 13.1 Å². The van der Waals surface area contributed by atoms with Gasteiger partial charge in [-0.3, -0.25) is 4.79 Å². The van der Waals surface area contributed by atoms with Crippen LogP contribution in [0.15, 0.2) is 48.8 Å². The Morgan fingerprint density at radius 2 is 2.22 bits per heavy atom. The molecular formula is C18H20FN3O. The number of allylic oxidation sites excluding steroid dienone is 2. The van der Waals surface area contributed by atoms with Gasteiger partial charge in [0.1, 0.15) is 17.7 Å². The summed E-state index contributed by atoms with van der Waals surface area (Å²) in [6, 6.07) is 5.91. The minimum atomic E-state index is -0.588. The van der Waals surface area contributed by atoms with Crippen molar-refractivity contribution in [3.63, 3.8) is 0 Å². The number of aryl methyl sites for hydroxylation is 1. The molecule has 1 aromatic carbocycles. The normalized spacial score (nSPS) is 18.6. The fourth-order valence-electron chi connectivity index (χ4n) is 2.94. The predicted octanol–water partition coefficient (Wildman–Crippen LogP) is 3.12. The van der Waals surface area contributed by atoms with E-state index in [4.69, 9.17) is 0 Å². The van der Waals surface area contributed by atoms with Crippen LogP contribution >= 0.6 is 0 Å². The molecule has 4 nitrogen and oxygen atoms in total. The maximum atomic E-state index is 14.3. The topological polar surface area (TPSA) is 46.9 Å². The van der Waals surface area contributed by atoms with E-state index in [9.17, 15) is 9.18 Å². The number of nitrogens with one attached hydrogen (secondary N) is 1. The fraction of sp³-hybridized carbons (Fsp3) is 0.333. The van der Waals surface area contributed by atoms with Crippen molar-refractivity contribution in [3.05, 3.63) is 66.0 Å². The molecule has 0 saturated heterocycles. The molecule has 5 heteroatoms. The van der Waals surface area contributed by atoms with Gasteiger partial charge in [-0.15, -0.1) is 0 Å². The molecular weight excluding hydrogens is 293 g/mol. The Morgan fingerprint density at radius 3 is 2.87 bits per heavy atom. The number of hydrogen-bond acceptors (Lipinski definition) is 2. The number of imidazole rings is 1. The Labute approximate surface area is 135 Å². The zero-order valence-corrected chi connectivity index (χ0v) is 13.1. The molecule has 0 fully saturated rings. The van der Waals surface area contributed by atoms with Crippen LogP contribution in [0, 0.1) is 11.7 Å². The number of carbonyl (C=O) groups excluding carboxylic acids is 1. The first-order valence-corrected chi connectivity index (χ1v) is 7.84. The quantitative estimate of drug-likeness (QED) is 0.882. The molecule has 0 bridgehead atoms. The highest BCUT2D eigenvalue weighted by atomic mass is 19.1. The minimum absolute atomic E-state index is 0.0504. The van der Waals surface area contributed by atoms with Gasteiger partial charge in [0, 0.05) is 30.9 Å². The van der Waals surface area contributed by atoms with Crippen LogP contribution in [0.4, 0.5) is 4.39 Å². The Hall–Kier alpha value is -2.43. The van der Waals surface area contributed by atoms with Crippen molar-refractivity contribution < 1.29 is 9.18 Å². The maximum absolute atomic E-state index is 14.3. The van der Waals surface area contributed by atoms with E-state index < -0.39 is 6.04 Å². The van der Waals surface area contributed by atoms with E-state index in [1.54, 1.807) is 35.2 Å². The second-order valence-electron chi connectivity index (χ2n) is 5.84. The zero-order valence-electron chi connectivity index (χ0n) is 13.1. The van der Waals surface area contributed by atoms with E-state index >= 15 is 0 Å². The first kappa shape index (κ1) is 15.5. The van der Waals surface area contributed by atoms with Crippen molar-refractivity contribution >= 4 is 5.91 Å². The van der Waals surface area contributed by atoms with Crippen molar-refractivity contribution in [1.82, 2.24) is 14.9 Å². The third-order valence-electron chi connectivity index (χ3n) is 4.26. The Morgan fingerprint density at radius 1 is 1.39 bits per heavy atom. The van der Waals surface area contributed by atoms with Crippen molar-refractivity contribution in [3.8, 4) is 0 Å². The lowest BCUT2D eigenvalue weighted by atomic mass is 9.93. The largest absolute Gasteiger partial charge is 0.342 e. The van der Waals surface area contributed by atoms with Crippen molar-refractivity contribution in [2.45, 2.75) is 25.3 Å². The molecule has 1 amide bonds. The number of amides is 1. The molecule has 0 radical (unpaired) electrons. The van der Waals surface area contributed by atoms with Crippen molar-refractivity contribution in [2.75, 3.05) is 0 Å². The lowest BCUT2D eigenvalue weighted by Gasteiger charge is -2.23. The molecule has 2 atom stereocenters. The molecule has 1 aliphatic rings. The molecule has 1 heterocycles. The van der Waals surface area contributed by atoms with Gasteiger partial charge in [-0.05, 0) is 25.3 Å². The molecule has 120 valence electrons. The third kappa shape index (κ3) is 3.33. The molecule has 0 spiro atoms. The number of benzene rings is 1. The average molecular weight is 313 g/mol. The molecule has 0 unspecified atom stereocenters. The molecule has 1 aromatic heterocycles. The van der Waals surface area contributed by atoms with Crippen molar-refractivity contribution in [1.29, 1.82) is 0 Å². The Balaban J connectivity index is 1.90. The van der Waals surface area contributed by atoms with Crippen LogP contribution < -0.4 is 5.32 Å². The van der Waals surface area contributed by atoms with Crippen LogP contribution in [-0.2, 0) is 11.8 Å². The van der Waals surface area contributed by atoms with Gasteiger partial charge in [0.25, 0.3) is 0 Å². The maximum Gasteiger partial charge on any atom is 0.224 e. The van der Waals surface area contributed by atoms with Crippen LogP contribution in [0.25, 0.3) is 0 Å². The molecule has 0 aliphatic heterocycles. The third-order valence-corrected chi connectivity index (χ3v) is 4.26. The second kappa shape index (κ2) is 6.77. The average Bonchev–Trinajstić information content (AvgIpc) is 3.00.